The minimum absolute atomic E-state index is 0.290. The minimum Gasteiger partial charge on any atom is -0.497 e. The van der Waals surface area contributed by atoms with Crippen LogP contribution >= 0.6 is 11.9 Å². The van der Waals surface area contributed by atoms with E-state index in [1.54, 1.807) is 7.11 Å². The van der Waals surface area contributed by atoms with Crippen molar-refractivity contribution in [2.45, 2.75) is 0 Å². The number of para-hydroxylation sites is 1. The fourth-order valence-electron chi connectivity index (χ4n) is 2.29. The SMILES string of the molecule is COc1ccc(N=C(NNC(=O)SNc2ccccc2)c2ccccc2)cc1. The Morgan fingerprint density at radius 2 is 1.50 bits per heavy atom. The number of methoxy groups -OCH3 is 1. The Hall–Kier alpha value is -3.45. The Balaban J connectivity index is 1.67. The van der Waals surface area contributed by atoms with E-state index < -0.39 is 0 Å². The van der Waals surface area contributed by atoms with Gasteiger partial charge in [0.25, 0.3) is 0 Å². The third-order valence-electron chi connectivity index (χ3n) is 3.68. The zero-order chi connectivity index (χ0) is 19.6. The van der Waals surface area contributed by atoms with Crippen LogP contribution in [-0.4, -0.2) is 18.2 Å². The van der Waals surface area contributed by atoms with E-state index in [4.69, 9.17) is 4.74 Å². The smallest absolute Gasteiger partial charge is 0.317 e. The Labute approximate surface area is 168 Å². The molecule has 0 atom stereocenters. The molecule has 0 fully saturated rings. The lowest BCUT2D eigenvalue weighted by atomic mass is 10.2. The van der Waals surface area contributed by atoms with E-state index >= 15 is 0 Å². The first-order valence-corrected chi connectivity index (χ1v) is 9.38. The number of anilines is 1. The molecule has 0 aliphatic rings. The number of hydrazine groups is 1. The second kappa shape index (κ2) is 10.0. The molecule has 0 spiro atoms. The molecule has 3 rings (SSSR count). The lowest BCUT2D eigenvalue weighted by molar-refractivity contribution is 0.259. The van der Waals surface area contributed by atoms with E-state index in [-0.39, 0.29) is 5.24 Å². The molecule has 0 heterocycles. The fraction of sp³-hybridized carbons (Fsp3) is 0.0476. The second-order valence-electron chi connectivity index (χ2n) is 5.63. The van der Waals surface area contributed by atoms with E-state index in [1.165, 1.54) is 0 Å². The molecule has 0 unspecified atom stereocenters. The summed E-state index contributed by atoms with van der Waals surface area (Å²) in [5.41, 5.74) is 7.98. The van der Waals surface area contributed by atoms with Crippen molar-refractivity contribution < 1.29 is 9.53 Å². The van der Waals surface area contributed by atoms with Crippen molar-refractivity contribution in [1.29, 1.82) is 0 Å². The van der Waals surface area contributed by atoms with Gasteiger partial charge in [-0.05, 0) is 36.4 Å². The van der Waals surface area contributed by atoms with E-state index in [9.17, 15) is 4.79 Å². The number of hydrogen-bond donors (Lipinski definition) is 3. The summed E-state index contributed by atoms with van der Waals surface area (Å²) in [6.45, 7) is 0. The number of aliphatic imine (C=N–C) groups is 1. The molecule has 0 saturated carbocycles. The summed E-state index contributed by atoms with van der Waals surface area (Å²) >= 11 is 0.944. The van der Waals surface area contributed by atoms with Gasteiger partial charge in [0.15, 0.2) is 5.84 Å². The summed E-state index contributed by atoms with van der Waals surface area (Å²) in [4.78, 5) is 16.7. The molecule has 0 aliphatic heterocycles. The summed E-state index contributed by atoms with van der Waals surface area (Å²) in [5.74, 6) is 1.28. The largest absolute Gasteiger partial charge is 0.497 e. The van der Waals surface area contributed by atoms with Gasteiger partial charge in [0.2, 0.25) is 0 Å². The van der Waals surface area contributed by atoms with Gasteiger partial charge in [-0.2, -0.15) is 0 Å². The number of rotatable bonds is 5. The van der Waals surface area contributed by atoms with Crippen LogP contribution in [0.4, 0.5) is 16.2 Å². The van der Waals surface area contributed by atoms with Crippen LogP contribution < -0.4 is 20.3 Å². The Bertz CT molecular complexity index is 916. The quantitative estimate of drug-likeness (QED) is 0.253. The van der Waals surface area contributed by atoms with Crippen LogP contribution in [0.25, 0.3) is 0 Å². The normalized spacial score (nSPS) is 10.8. The summed E-state index contributed by atoms with van der Waals surface area (Å²) in [6.07, 6.45) is 0. The average Bonchev–Trinajstić information content (AvgIpc) is 2.77. The first-order chi connectivity index (χ1) is 13.7. The maximum Gasteiger partial charge on any atom is 0.317 e. The zero-order valence-electron chi connectivity index (χ0n) is 15.3. The summed E-state index contributed by atoms with van der Waals surface area (Å²) in [7, 11) is 1.62. The van der Waals surface area contributed by atoms with Crippen molar-refractivity contribution in [1.82, 2.24) is 10.9 Å². The highest BCUT2D eigenvalue weighted by Crippen LogP contribution is 2.18. The van der Waals surface area contributed by atoms with Crippen molar-refractivity contribution in [3.63, 3.8) is 0 Å². The minimum atomic E-state index is -0.290. The summed E-state index contributed by atoms with van der Waals surface area (Å²) < 4.78 is 8.15. The Morgan fingerprint density at radius 1 is 0.857 bits per heavy atom. The molecule has 3 aromatic carbocycles. The second-order valence-corrected chi connectivity index (χ2v) is 6.41. The average molecular weight is 392 g/mol. The van der Waals surface area contributed by atoms with Gasteiger partial charge in [0.05, 0.1) is 12.8 Å². The van der Waals surface area contributed by atoms with Crippen LogP contribution in [0.1, 0.15) is 5.56 Å². The van der Waals surface area contributed by atoms with E-state index in [2.05, 4.69) is 20.6 Å². The summed E-state index contributed by atoms with van der Waals surface area (Å²) in [6, 6.07) is 26.4. The summed E-state index contributed by atoms with van der Waals surface area (Å²) in [5, 5.41) is -0.290. The van der Waals surface area contributed by atoms with Crippen LogP contribution in [0.2, 0.25) is 0 Å². The molecule has 3 aromatic rings. The molecule has 0 aromatic heterocycles. The third-order valence-corrected chi connectivity index (χ3v) is 4.30. The highest BCUT2D eigenvalue weighted by atomic mass is 32.2. The number of amidine groups is 1. The molecule has 1 amide bonds. The lowest BCUT2D eigenvalue weighted by Gasteiger charge is -2.12. The van der Waals surface area contributed by atoms with Crippen LogP contribution in [-0.2, 0) is 0 Å². The van der Waals surface area contributed by atoms with E-state index in [0.717, 1.165) is 34.6 Å². The standard InChI is InChI=1S/C21H20N4O2S/c1-27-19-14-12-17(13-15-19)22-20(16-8-4-2-5-9-16)23-24-21(26)28-25-18-10-6-3-7-11-18/h2-15,25H,1H3,(H,22,23)(H,24,26). The monoisotopic (exact) mass is 392 g/mol. The zero-order valence-corrected chi connectivity index (χ0v) is 16.1. The number of nitrogens with one attached hydrogen (secondary N) is 3. The van der Waals surface area contributed by atoms with Gasteiger partial charge in [0.1, 0.15) is 5.75 Å². The first kappa shape index (κ1) is 19.3. The predicted molar refractivity (Wildman–Crippen MR) is 115 cm³/mol. The van der Waals surface area contributed by atoms with Crippen molar-refractivity contribution >= 4 is 34.4 Å². The van der Waals surface area contributed by atoms with Crippen molar-refractivity contribution in [3.8, 4) is 5.75 Å². The molecule has 142 valence electrons. The van der Waals surface area contributed by atoms with Crippen LogP contribution in [0, 0.1) is 0 Å². The number of ether oxygens (including phenoxy) is 1. The van der Waals surface area contributed by atoms with Gasteiger partial charge in [-0.15, -0.1) is 0 Å². The number of carbonyl (C=O) groups is 1. The Kier molecular flexibility index (Phi) is 6.92. The number of nitrogens with zero attached hydrogens (tertiary/aromatic N) is 1. The molecule has 0 aliphatic carbocycles. The van der Waals surface area contributed by atoms with Crippen LogP contribution in [0.5, 0.6) is 5.75 Å². The van der Waals surface area contributed by atoms with Crippen molar-refractivity contribution in [3.05, 3.63) is 90.5 Å². The topological polar surface area (TPSA) is 74.8 Å². The molecule has 0 saturated heterocycles. The predicted octanol–water partition coefficient (Wildman–Crippen LogP) is 4.75. The third kappa shape index (κ3) is 5.78. The van der Waals surface area contributed by atoms with Gasteiger partial charge < -0.3 is 9.46 Å². The number of benzene rings is 3. The molecule has 6 nitrogen and oxygen atoms in total. The molecular formula is C21H20N4O2S. The highest BCUT2D eigenvalue weighted by molar-refractivity contribution is 8.14. The lowest BCUT2D eigenvalue weighted by Crippen LogP contribution is -2.40. The van der Waals surface area contributed by atoms with Gasteiger partial charge in [-0.3, -0.25) is 15.6 Å². The van der Waals surface area contributed by atoms with Gasteiger partial charge in [-0.1, -0.05) is 48.5 Å². The number of hydrogen-bond acceptors (Lipinski definition) is 5. The number of carbonyl (C=O) groups excluding carboxylic acids is 1. The fourth-order valence-corrected chi connectivity index (χ4v) is 2.74. The van der Waals surface area contributed by atoms with Crippen LogP contribution in [0.3, 0.4) is 0 Å². The van der Waals surface area contributed by atoms with E-state index in [1.807, 2.05) is 84.9 Å². The maximum absolute atomic E-state index is 12.1. The highest BCUT2D eigenvalue weighted by Gasteiger charge is 2.07. The Morgan fingerprint density at radius 3 is 2.14 bits per heavy atom. The molecule has 28 heavy (non-hydrogen) atoms. The first-order valence-electron chi connectivity index (χ1n) is 8.56. The molecular weight excluding hydrogens is 372 g/mol. The molecule has 7 heteroatoms. The van der Waals surface area contributed by atoms with Gasteiger partial charge in [0, 0.05) is 23.2 Å². The van der Waals surface area contributed by atoms with Gasteiger partial charge >= 0.3 is 5.24 Å². The van der Waals surface area contributed by atoms with Gasteiger partial charge in [-0.25, -0.2) is 4.99 Å². The van der Waals surface area contributed by atoms with Crippen LogP contribution in [0.15, 0.2) is 89.9 Å². The van der Waals surface area contributed by atoms with Crippen molar-refractivity contribution in [2.24, 2.45) is 4.99 Å². The van der Waals surface area contributed by atoms with Crippen molar-refractivity contribution in [2.75, 3.05) is 11.8 Å². The molecule has 3 N–H and O–H groups in total. The molecule has 0 radical (unpaired) electrons. The maximum atomic E-state index is 12.1. The number of amides is 1. The molecule has 0 bridgehead atoms. The van der Waals surface area contributed by atoms with E-state index in [0.29, 0.717) is 5.84 Å².